The molecule has 25 heavy (non-hydrogen) atoms. The van der Waals surface area contributed by atoms with E-state index in [0.29, 0.717) is 17.9 Å². The SMILES string of the molecule is O=[N+]([O-])c1ccc(Cn2ccnc2-c2ccc(C(F)(F)F)cc2)cc1. The zero-order chi connectivity index (χ0) is 18.0. The highest BCUT2D eigenvalue weighted by Gasteiger charge is 2.30. The normalized spacial score (nSPS) is 11.5. The molecule has 0 amide bonds. The molecule has 5 nitrogen and oxygen atoms in total. The lowest BCUT2D eigenvalue weighted by Gasteiger charge is -2.10. The van der Waals surface area contributed by atoms with E-state index in [1.807, 2.05) is 0 Å². The highest BCUT2D eigenvalue weighted by molar-refractivity contribution is 5.56. The first-order valence-electron chi connectivity index (χ1n) is 7.27. The Morgan fingerprint density at radius 3 is 2.24 bits per heavy atom. The summed E-state index contributed by atoms with van der Waals surface area (Å²) in [4.78, 5) is 14.4. The lowest BCUT2D eigenvalue weighted by atomic mass is 10.1. The average Bonchev–Trinajstić information content (AvgIpc) is 3.03. The number of halogens is 3. The van der Waals surface area contributed by atoms with Gasteiger partial charge < -0.3 is 4.57 Å². The van der Waals surface area contributed by atoms with E-state index < -0.39 is 16.7 Å². The number of nitro groups is 1. The van der Waals surface area contributed by atoms with E-state index in [4.69, 9.17) is 0 Å². The topological polar surface area (TPSA) is 61.0 Å². The minimum atomic E-state index is -4.38. The van der Waals surface area contributed by atoms with Crippen LogP contribution >= 0.6 is 0 Å². The van der Waals surface area contributed by atoms with E-state index in [2.05, 4.69) is 4.98 Å². The van der Waals surface area contributed by atoms with Gasteiger partial charge in [0.2, 0.25) is 0 Å². The van der Waals surface area contributed by atoms with Crippen molar-refractivity contribution in [1.82, 2.24) is 9.55 Å². The third kappa shape index (κ3) is 3.68. The van der Waals surface area contributed by atoms with E-state index in [-0.39, 0.29) is 5.69 Å². The van der Waals surface area contributed by atoms with Gasteiger partial charge in [-0.3, -0.25) is 10.1 Å². The third-order valence-corrected chi connectivity index (χ3v) is 3.69. The highest BCUT2D eigenvalue weighted by Crippen LogP contribution is 2.30. The summed E-state index contributed by atoms with van der Waals surface area (Å²) >= 11 is 0. The van der Waals surface area contributed by atoms with Crippen molar-refractivity contribution in [3.05, 3.63) is 82.2 Å². The standard InChI is InChI=1S/C17H12F3N3O2/c18-17(19,20)14-5-3-13(4-6-14)16-21-9-10-22(16)11-12-1-7-15(8-2-12)23(24)25/h1-10H,11H2. The molecule has 0 fully saturated rings. The van der Waals surface area contributed by atoms with Crippen molar-refractivity contribution >= 4 is 5.69 Å². The molecule has 0 aliphatic carbocycles. The molecule has 8 heteroatoms. The summed E-state index contributed by atoms with van der Waals surface area (Å²) in [5.74, 6) is 0.520. The molecule has 0 unspecified atom stereocenters. The zero-order valence-electron chi connectivity index (χ0n) is 12.8. The zero-order valence-corrected chi connectivity index (χ0v) is 12.8. The molecule has 0 spiro atoms. The number of nitrogens with zero attached hydrogens (tertiary/aromatic N) is 3. The average molecular weight is 347 g/mol. The van der Waals surface area contributed by atoms with Gasteiger partial charge in [0.05, 0.1) is 10.5 Å². The fourth-order valence-corrected chi connectivity index (χ4v) is 2.43. The number of nitro benzene ring substituents is 1. The van der Waals surface area contributed by atoms with Crippen LogP contribution in [0.3, 0.4) is 0 Å². The molecule has 2 aromatic carbocycles. The van der Waals surface area contributed by atoms with Crippen LogP contribution in [0.1, 0.15) is 11.1 Å². The predicted molar refractivity (Wildman–Crippen MR) is 84.9 cm³/mol. The summed E-state index contributed by atoms with van der Waals surface area (Å²) in [5, 5.41) is 10.7. The quantitative estimate of drug-likeness (QED) is 0.515. The van der Waals surface area contributed by atoms with Gasteiger partial charge in [-0.1, -0.05) is 24.3 Å². The number of imidazole rings is 1. The molecule has 0 atom stereocenters. The maximum absolute atomic E-state index is 12.6. The first-order chi connectivity index (χ1) is 11.8. The second kappa shape index (κ2) is 6.39. The molecule has 0 aliphatic rings. The Morgan fingerprint density at radius 2 is 1.68 bits per heavy atom. The first-order valence-corrected chi connectivity index (χ1v) is 7.27. The van der Waals surface area contributed by atoms with Gasteiger partial charge in [0.15, 0.2) is 0 Å². The van der Waals surface area contributed by atoms with Crippen molar-refractivity contribution in [3.63, 3.8) is 0 Å². The van der Waals surface area contributed by atoms with Gasteiger partial charge in [0.1, 0.15) is 5.82 Å². The van der Waals surface area contributed by atoms with Crippen LogP contribution in [0.2, 0.25) is 0 Å². The van der Waals surface area contributed by atoms with Gasteiger partial charge in [-0.05, 0) is 17.7 Å². The van der Waals surface area contributed by atoms with Crippen LogP contribution in [0.4, 0.5) is 18.9 Å². The van der Waals surface area contributed by atoms with Crippen molar-refractivity contribution in [2.24, 2.45) is 0 Å². The molecule has 0 saturated heterocycles. The number of non-ortho nitro benzene ring substituents is 1. The van der Waals surface area contributed by atoms with Gasteiger partial charge in [-0.15, -0.1) is 0 Å². The van der Waals surface area contributed by atoms with Crippen molar-refractivity contribution < 1.29 is 18.1 Å². The van der Waals surface area contributed by atoms with E-state index in [1.54, 1.807) is 29.1 Å². The van der Waals surface area contributed by atoms with Gasteiger partial charge >= 0.3 is 6.18 Å². The van der Waals surface area contributed by atoms with E-state index in [0.717, 1.165) is 17.7 Å². The Morgan fingerprint density at radius 1 is 1.04 bits per heavy atom. The number of hydrogen-bond acceptors (Lipinski definition) is 3. The Kier molecular flexibility index (Phi) is 4.26. The molecule has 0 saturated carbocycles. The van der Waals surface area contributed by atoms with E-state index >= 15 is 0 Å². The summed E-state index contributed by atoms with van der Waals surface area (Å²) in [7, 11) is 0. The van der Waals surface area contributed by atoms with Gasteiger partial charge in [-0.25, -0.2) is 4.98 Å². The molecular weight excluding hydrogens is 335 g/mol. The molecule has 128 valence electrons. The molecule has 0 bridgehead atoms. The minimum Gasteiger partial charge on any atom is -0.327 e. The van der Waals surface area contributed by atoms with Crippen LogP contribution in [0.25, 0.3) is 11.4 Å². The Balaban J connectivity index is 1.84. The number of aromatic nitrogens is 2. The molecule has 0 aliphatic heterocycles. The summed E-state index contributed by atoms with van der Waals surface area (Å²) in [6.07, 6.45) is -1.13. The van der Waals surface area contributed by atoms with Crippen LogP contribution < -0.4 is 0 Å². The Bertz CT molecular complexity index is 885. The van der Waals surface area contributed by atoms with Crippen LogP contribution in [0.15, 0.2) is 60.9 Å². The van der Waals surface area contributed by atoms with Crippen molar-refractivity contribution in [3.8, 4) is 11.4 Å². The second-order valence-electron chi connectivity index (χ2n) is 5.38. The fourth-order valence-electron chi connectivity index (χ4n) is 2.43. The molecular formula is C17H12F3N3O2. The predicted octanol–water partition coefficient (Wildman–Crippen LogP) is 4.53. The van der Waals surface area contributed by atoms with Crippen molar-refractivity contribution in [1.29, 1.82) is 0 Å². The van der Waals surface area contributed by atoms with Gasteiger partial charge in [0.25, 0.3) is 5.69 Å². The summed E-state index contributed by atoms with van der Waals surface area (Å²) < 4.78 is 39.7. The number of benzene rings is 2. The molecule has 3 rings (SSSR count). The molecule has 0 N–H and O–H groups in total. The maximum Gasteiger partial charge on any atom is 0.416 e. The molecule has 1 heterocycles. The first kappa shape index (κ1) is 16.7. The monoisotopic (exact) mass is 347 g/mol. The van der Waals surface area contributed by atoms with E-state index in [9.17, 15) is 23.3 Å². The molecule has 0 radical (unpaired) electrons. The van der Waals surface area contributed by atoms with E-state index in [1.165, 1.54) is 24.3 Å². The lowest BCUT2D eigenvalue weighted by Crippen LogP contribution is -2.05. The Labute approximate surface area is 140 Å². The molecule has 3 aromatic rings. The third-order valence-electron chi connectivity index (χ3n) is 3.69. The summed E-state index contributed by atoms with van der Waals surface area (Å²) in [6.45, 7) is 0.397. The minimum absolute atomic E-state index is 0.00246. The lowest BCUT2D eigenvalue weighted by molar-refractivity contribution is -0.384. The molecule has 1 aromatic heterocycles. The van der Waals surface area contributed by atoms with Gasteiger partial charge in [-0.2, -0.15) is 13.2 Å². The van der Waals surface area contributed by atoms with Crippen LogP contribution in [0.5, 0.6) is 0 Å². The van der Waals surface area contributed by atoms with Crippen LogP contribution in [0, 0.1) is 10.1 Å². The summed E-state index contributed by atoms with van der Waals surface area (Å²) in [6, 6.07) is 10.9. The summed E-state index contributed by atoms with van der Waals surface area (Å²) in [5.41, 5.74) is 0.652. The van der Waals surface area contributed by atoms with Crippen molar-refractivity contribution in [2.75, 3.05) is 0 Å². The van der Waals surface area contributed by atoms with Crippen LogP contribution in [-0.2, 0) is 12.7 Å². The highest BCUT2D eigenvalue weighted by atomic mass is 19.4. The fraction of sp³-hybridized carbons (Fsp3) is 0.118. The second-order valence-corrected chi connectivity index (χ2v) is 5.38. The van der Waals surface area contributed by atoms with Gasteiger partial charge in [0, 0.05) is 36.6 Å². The largest absolute Gasteiger partial charge is 0.416 e. The maximum atomic E-state index is 12.6. The van der Waals surface area contributed by atoms with Crippen LogP contribution in [-0.4, -0.2) is 14.5 Å². The number of hydrogen-bond donors (Lipinski definition) is 0. The number of alkyl halides is 3. The Hall–Kier alpha value is -3.16. The number of rotatable bonds is 4. The van der Waals surface area contributed by atoms with Crippen molar-refractivity contribution in [2.45, 2.75) is 12.7 Å². The smallest absolute Gasteiger partial charge is 0.327 e.